The van der Waals surface area contributed by atoms with Gasteiger partial charge in [-0.1, -0.05) is 19.8 Å². The molecule has 0 aromatic carbocycles. The van der Waals surface area contributed by atoms with Gasteiger partial charge >= 0.3 is 0 Å². The molecule has 1 saturated heterocycles. The van der Waals surface area contributed by atoms with Crippen LogP contribution in [-0.2, 0) is 14.3 Å². The van der Waals surface area contributed by atoms with Gasteiger partial charge in [-0.3, -0.25) is 4.79 Å². The van der Waals surface area contributed by atoms with Crippen molar-refractivity contribution >= 4 is 5.91 Å². The molecule has 116 valence electrons. The van der Waals surface area contributed by atoms with Gasteiger partial charge in [0.05, 0.1) is 12.2 Å². The van der Waals surface area contributed by atoms with Crippen LogP contribution in [0, 0.1) is 5.92 Å². The first-order valence-electron chi connectivity index (χ1n) is 8.04. The topological polar surface area (TPSA) is 38.8 Å². The number of likely N-dealkylation sites (tertiary alicyclic amines) is 1. The highest BCUT2D eigenvalue weighted by atomic mass is 16.5. The number of piperidine rings is 1. The predicted molar refractivity (Wildman–Crippen MR) is 78.6 cm³/mol. The number of ether oxygens (including phenoxy) is 2. The Hall–Kier alpha value is -0.610. The first-order chi connectivity index (χ1) is 9.60. The molecule has 0 bridgehead atoms. The number of rotatable bonds is 4. The van der Waals surface area contributed by atoms with E-state index < -0.39 is 0 Å². The van der Waals surface area contributed by atoms with Crippen LogP contribution >= 0.6 is 0 Å². The van der Waals surface area contributed by atoms with Crippen molar-refractivity contribution in [3.05, 3.63) is 0 Å². The van der Waals surface area contributed by atoms with Crippen molar-refractivity contribution in [2.24, 2.45) is 5.92 Å². The van der Waals surface area contributed by atoms with Gasteiger partial charge in [-0.15, -0.1) is 0 Å². The fourth-order valence-corrected chi connectivity index (χ4v) is 3.52. The van der Waals surface area contributed by atoms with Crippen molar-refractivity contribution in [2.45, 2.75) is 70.6 Å². The summed E-state index contributed by atoms with van der Waals surface area (Å²) in [6.45, 7) is 5.42. The van der Waals surface area contributed by atoms with Crippen LogP contribution in [0.2, 0.25) is 0 Å². The van der Waals surface area contributed by atoms with Crippen LogP contribution in [0.3, 0.4) is 0 Å². The van der Waals surface area contributed by atoms with Crippen molar-refractivity contribution in [2.75, 3.05) is 20.3 Å². The van der Waals surface area contributed by atoms with Crippen LogP contribution in [-0.4, -0.2) is 49.3 Å². The van der Waals surface area contributed by atoms with Gasteiger partial charge in [0.1, 0.15) is 6.61 Å². The Bertz CT molecular complexity index is 321. The summed E-state index contributed by atoms with van der Waals surface area (Å²) in [5.41, 5.74) is 0. The van der Waals surface area contributed by atoms with Gasteiger partial charge in [0, 0.05) is 19.7 Å². The summed E-state index contributed by atoms with van der Waals surface area (Å²) >= 11 is 0. The number of carbonyl (C=O) groups excluding carboxylic acids is 1. The summed E-state index contributed by atoms with van der Waals surface area (Å²) < 4.78 is 11.2. The molecule has 2 rings (SSSR count). The maximum absolute atomic E-state index is 12.3. The van der Waals surface area contributed by atoms with Crippen molar-refractivity contribution in [1.29, 1.82) is 0 Å². The van der Waals surface area contributed by atoms with E-state index in [-0.39, 0.29) is 24.7 Å². The van der Waals surface area contributed by atoms with Gasteiger partial charge in [0.2, 0.25) is 5.91 Å². The molecule has 1 saturated carbocycles. The minimum Gasteiger partial charge on any atom is -0.381 e. The second-order valence-electron chi connectivity index (χ2n) is 6.52. The monoisotopic (exact) mass is 283 g/mol. The number of amides is 1. The summed E-state index contributed by atoms with van der Waals surface area (Å²) in [7, 11) is 1.75. The molecule has 1 aliphatic carbocycles. The van der Waals surface area contributed by atoms with Gasteiger partial charge in [0.25, 0.3) is 0 Å². The molecule has 20 heavy (non-hydrogen) atoms. The Morgan fingerprint density at radius 1 is 1.15 bits per heavy atom. The van der Waals surface area contributed by atoms with Gasteiger partial charge in [-0.05, 0) is 38.5 Å². The lowest BCUT2D eigenvalue weighted by Gasteiger charge is -2.37. The highest BCUT2D eigenvalue weighted by Gasteiger charge is 2.29. The molecule has 4 nitrogen and oxygen atoms in total. The lowest BCUT2D eigenvalue weighted by molar-refractivity contribution is -0.144. The third-order valence-corrected chi connectivity index (χ3v) is 4.81. The van der Waals surface area contributed by atoms with Crippen molar-refractivity contribution in [3.63, 3.8) is 0 Å². The van der Waals surface area contributed by atoms with E-state index in [1.807, 2.05) is 4.90 Å². The molecule has 4 heteroatoms. The van der Waals surface area contributed by atoms with E-state index in [1.54, 1.807) is 7.11 Å². The molecular weight excluding hydrogens is 254 g/mol. The Kier molecular flexibility index (Phi) is 5.85. The second kappa shape index (κ2) is 7.41. The predicted octanol–water partition coefficient (Wildman–Crippen LogP) is 2.61. The molecule has 0 spiro atoms. The van der Waals surface area contributed by atoms with Gasteiger partial charge in [0.15, 0.2) is 0 Å². The summed E-state index contributed by atoms with van der Waals surface area (Å²) in [5, 5.41) is 0. The molecule has 0 radical (unpaired) electrons. The Balaban J connectivity index is 1.74. The molecule has 2 aliphatic rings. The molecule has 0 N–H and O–H groups in total. The number of hydrogen-bond donors (Lipinski definition) is 0. The zero-order chi connectivity index (χ0) is 14.5. The van der Waals surface area contributed by atoms with E-state index in [1.165, 1.54) is 12.8 Å². The van der Waals surface area contributed by atoms with Crippen LogP contribution in [0.4, 0.5) is 0 Å². The Labute approximate surface area is 122 Å². The molecule has 2 fully saturated rings. The molecular formula is C16H29NO3. The zero-order valence-corrected chi connectivity index (χ0v) is 13.1. The number of carbonyl (C=O) groups is 1. The van der Waals surface area contributed by atoms with Crippen LogP contribution in [0.5, 0.6) is 0 Å². The molecule has 1 amide bonds. The highest BCUT2D eigenvalue weighted by Crippen LogP contribution is 2.26. The molecule has 4 atom stereocenters. The summed E-state index contributed by atoms with van der Waals surface area (Å²) in [5.74, 6) is 0.880. The van der Waals surface area contributed by atoms with E-state index in [0.717, 1.165) is 38.1 Å². The molecule has 1 aliphatic heterocycles. The van der Waals surface area contributed by atoms with Crippen molar-refractivity contribution in [1.82, 2.24) is 4.90 Å². The third kappa shape index (κ3) is 4.19. The highest BCUT2D eigenvalue weighted by molar-refractivity contribution is 5.77. The van der Waals surface area contributed by atoms with Gasteiger partial charge in [-0.2, -0.15) is 0 Å². The van der Waals surface area contributed by atoms with Crippen LogP contribution in [0.15, 0.2) is 0 Å². The number of hydrogen-bond acceptors (Lipinski definition) is 3. The minimum absolute atomic E-state index is 0.144. The molecule has 1 heterocycles. The molecule has 0 unspecified atom stereocenters. The smallest absolute Gasteiger partial charge is 0.248 e. The van der Waals surface area contributed by atoms with E-state index in [9.17, 15) is 4.79 Å². The van der Waals surface area contributed by atoms with E-state index in [4.69, 9.17) is 9.47 Å². The van der Waals surface area contributed by atoms with E-state index in [0.29, 0.717) is 6.10 Å². The number of methoxy groups -OCH3 is 1. The minimum atomic E-state index is 0.144. The maximum Gasteiger partial charge on any atom is 0.248 e. The van der Waals surface area contributed by atoms with Crippen molar-refractivity contribution < 1.29 is 14.3 Å². The molecule has 0 aromatic rings. The lowest BCUT2D eigenvalue weighted by atomic mass is 9.89. The molecule has 0 aromatic heterocycles. The standard InChI is InChI=1S/C16H29NO3/c1-12-5-4-6-15(9-12)20-11-16(18)17-8-7-14(19-3)10-13(17)2/h12-15H,4-11H2,1-3H3/t12-,13+,14-,15-/m1/s1. The van der Waals surface area contributed by atoms with E-state index in [2.05, 4.69) is 13.8 Å². The normalized spacial score (nSPS) is 35.0. The second-order valence-corrected chi connectivity index (χ2v) is 6.52. The third-order valence-electron chi connectivity index (χ3n) is 4.81. The quantitative estimate of drug-likeness (QED) is 0.796. The maximum atomic E-state index is 12.3. The van der Waals surface area contributed by atoms with Gasteiger partial charge in [-0.25, -0.2) is 0 Å². The van der Waals surface area contributed by atoms with Crippen LogP contribution in [0.25, 0.3) is 0 Å². The zero-order valence-electron chi connectivity index (χ0n) is 13.1. The SMILES string of the molecule is CO[C@@H]1CCN(C(=O)CO[C@@H]2CCC[C@@H](C)C2)[C@@H](C)C1. The summed E-state index contributed by atoms with van der Waals surface area (Å²) in [6, 6.07) is 0.259. The fraction of sp³-hybridized carbons (Fsp3) is 0.938. The Morgan fingerprint density at radius 2 is 1.95 bits per heavy atom. The first-order valence-corrected chi connectivity index (χ1v) is 8.04. The van der Waals surface area contributed by atoms with E-state index >= 15 is 0 Å². The Morgan fingerprint density at radius 3 is 2.60 bits per heavy atom. The van der Waals surface area contributed by atoms with Crippen LogP contribution < -0.4 is 0 Å². The average Bonchev–Trinajstić information content (AvgIpc) is 2.44. The average molecular weight is 283 g/mol. The summed E-state index contributed by atoms with van der Waals surface area (Å²) in [6.07, 6.45) is 7.21. The van der Waals surface area contributed by atoms with Gasteiger partial charge < -0.3 is 14.4 Å². The largest absolute Gasteiger partial charge is 0.381 e. The summed E-state index contributed by atoms with van der Waals surface area (Å²) in [4.78, 5) is 14.2. The van der Waals surface area contributed by atoms with Crippen molar-refractivity contribution in [3.8, 4) is 0 Å². The first kappa shape index (κ1) is 15.8. The fourth-order valence-electron chi connectivity index (χ4n) is 3.52. The number of nitrogens with zero attached hydrogens (tertiary/aromatic N) is 1. The lowest BCUT2D eigenvalue weighted by Crippen LogP contribution is -2.48. The van der Waals surface area contributed by atoms with Crippen LogP contribution in [0.1, 0.15) is 52.4 Å².